The molecule has 3 aliphatic carbocycles. The Labute approximate surface area is 155 Å². The molecule has 0 unspecified atom stereocenters. The van der Waals surface area contributed by atoms with E-state index in [-0.39, 0.29) is 24.0 Å². The summed E-state index contributed by atoms with van der Waals surface area (Å²) in [6.45, 7) is 12.3. The van der Waals surface area contributed by atoms with Gasteiger partial charge in [-0.15, -0.1) is 6.58 Å². The summed E-state index contributed by atoms with van der Waals surface area (Å²) in [5, 5.41) is 11.3. The SMILES string of the molecule is C=C[C@]1(C)C[C@H](O)[C@]2(C)[C@H](C)CC[C@]3(C[C@H](F)C(=O)[C@H]32)[C@@H](C)[C@@H]1OC=O. The fourth-order valence-electron chi connectivity index (χ4n) is 6.62. The molecule has 0 saturated heterocycles. The number of alkyl halides is 1. The van der Waals surface area contributed by atoms with E-state index in [2.05, 4.69) is 13.5 Å². The third-order valence-electron chi connectivity index (χ3n) is 8.48. The maximum absolute atomic E-state index is 14.7. The molecule has 0 aromatic carbocycles. The number of ether oxygens (including phenoxy) is 1. The summed E-state index contributed by atoms with van der Waals surface area (Å²) in [6.07, 6.45) is 0.897. The first-order valence-corrected chi connectivity index (χ1v) is 9.67. The van der Waals surface area contributed by atoms with Crippen LogP contribution in [0.2, 0.25) is 0 Å². The summed E-state index contributed by atoms with van der Waals surface area (Å²) in [5.41, 5.74) is -1.94. The quantitative estimate of drug-likeness (QED) is 0.614. The van der Waals surface area contributed by atoms with E-state index in [0.717, 1.165) is 6.42 Å². The number of rotatable bonds is 3. The van der Waals surface area contributed by atoms with Gasteiger partial charge in [-0.3, -0.25) is 9.59 Å². The summed E-state index contributed by atoms with van der Waals surface area (Å²) in [7, 11) is 0. The van der Waals surface area contributed by atoms with Gasteiger partial charge in [0.2, 0.25) is 0 Å². The zero-order chi connectivity index (χ0) is 19.5. The molecule has 3 aliphatic rings. The van der Waals surface area contributed by atoms with Gasteiger partial charge in [-0.1, -0.05) is 33.8 Å². The van der Waals surface area contributed by atoms with E-state index in [0.29, 0.717) is 19.3 Å². The van der Waals surface area contributed by atoms with Crippen molar-refractivity contribution in [1.29, 1.82) is 0 Å². The zero-order valence-electron chi connectivity index (χ0n) is 16.2. The van der Waals surface area contributed by atoms with E-state index in [1.165, 1.54) is 0 Å². The fourth-order valence-corrected chi connectivity index (χ4v) is 6.62. The minimum Gasteiger partial charge on any atom is -0.463 e. The Morgan fingerprint density at radius 3 is 2.54 bits per heavy atom. The Balaban J connectivity index is 2.24. The van der Waals surface area contributed by atoms with Gasteiger partial charge in [-0.2, -0.15) is 0 Å². The molecule has 0 aliphatic heterocycles. The number of hydrogen-bond acceptors (Lipinski definition) is 4. The molecule has 0 aromatic rings. The van der Waals surface area contributed by atoms with Crippen molar-refractivity contribution in [2.45, 2.75) is 71.8 Å². The molecule has 2 bridgehead atoms. The summed E-state index contributed by atoms with van der Waals surface area (Å²) in [6, 6.07) is 0. The smallest absolute Gasteiger partial charge is 0.293 e. The van der Waals surface area contributed by atoms with Gasteiger partial charge < -0.3 is 9.84 Å². The lowest BCUT2D eigenvalue weighted by atomic mass is 9.44. The van der Waals surface area contributed by atoms with Gasteiger partial charge in [0, 0.05) is 22.7 Å². The van der Waals surface area contributed by atoms with Crippen LogP contribution >= 0.6 is 0 Å². The monoisotopic (exact) mass is 366 g/mol. The van der Waals surface area contributed by atoms with Gasteiger partial charge in [0.25, 0.3) is 6.47 Å². The normalized spacial score (nSPS) is 54.0. The number of aliphatic hydroxyl groups excluding tert-OH is 1. The second kappa shape index (κ2) is 6.15. The molecule has 0 radical (unpaired) electrons. The average molecular weight is 366 g/mol. The topological polar surface area (TPSA) is 63.6 Å². The maximum Gasteiger partial charge on any atom is 0.293 e. The van der Waals surface area contributed by atoms with Crippen LogP contribution in [0.1, 0.15) is 53.4 Å². The van der Waals surface area contributed by atoms with Crippen LogP contribution in [-0.2, 0) is 14.3 Å². The number of Topliss-reactive ketones (excluding diaryl/α,β-unsaturated/α-hetero) is 1. The van der Waals surface area contributed by atoms with E-state index >= 15 is 0 Å². The van der Waals surface area contributed by atoms with E-state index in [9.17, 15) is 19.1 Å². The minimum absolute atomic E-state index is 0.106. The second-order valence-corrected chi connectivity index (χ2v) is 9.42. The average Bonchev–Trinajstić information content (AvgIpc) is 2.87. The highest BCUT2D eigenvalue weighted by molar-refractivity contribution is 5.89. The predicted molar refractivity (Wildman–Crippen MR) is 96.0 cm³/mol. The first-order valence-electron chi connectivity index (χ1n) is 9.67. The lowest BCUT2D eigenvalue weighted by Gasteiger charge is -2.61. The molecular weight excluding hydrogens is 335 g/mol. The maximum atomic E-state index is 14.7. The van der Waals surface area contributed by atoms with Crippen molar-refractivity contribution >= 4 is 12.3 Å². The predicted octanol–water partition coefficient (Wildman–Crippen LogP) is 3.47. The van der Waals surface area contributed by atoms with Crippen LogP contribution in [0.25, 0.3) is 0 Å². The lowest BCUT2D eigenvalue weighted by Crippen LogP contribution is -2.62. The Bertz CT molecular complexity index is 621. The largest absolute Gasteiger partial charge is 0.463 e. The van der Waals surface area contributed by atoms with Crippen LogP contribution in [0.5, 0.6) is 0 Å². The first kappa shape index (κ1) is 19.5. The number of carbonyl (C=O) groups excluding carboxylic acids is 2. The van der Waals surface area contributed by atoms with Crippen molar-refractivity contribution in [3.63, 3.8) is 0 Å². The summed E-state index contributed by atoms with van der Waals surface area (Å²) in [5.74, 6) is -1.03. The van der Waals surface area contributed by atoms with Crippen LogP contribution < -0.4 is 0 Å². The number of halogens is 1. The number of aliphatic hydroxyl groups is 1. The Morgan fingerprint density at radius 2 is 1.96 bits per heavy atom. The molecule has 1 N–H and O–H groups in total. The molecule has 4 nitrogen and oxygen atoms in total. The highest BCUT2D eigenvalue weighted by atomic mass is 19.1. The van der Waals surface area contributed by atoms with Crippen LogP contribution in [0, 0.1) is 34.0 Å². The summed E-state index contributed by atoms with van der Waals surface area (Å²) < 4.78 is 20.3. The molecule has 0 amide bonds. The molecule has 9 atom stereocenters. The summed E-state index contributed by atoms with van der Waals surface area (Å²) >= 11 is 0. The Kier molecular flexibility index (Phi) is 4.62. The van der Waals surface area contributed by atoms with Crippen molar-refractivity contribution in [2.75, 3.05) is 0 Å². The van der Waals surface area contributed by atoms with E-state index in [1.807, 2.05) is 20.8 Å². The fraction of sp³-hybridized carbons (Fsp3) is 0.810. The first-order chi connectivity index (χ1) is 12.1. The molecule has 5 heteroatoms. The molecule has 0 heterocycles. The van der Waals surface area contributed by atoms with Crippen LogP contribution in [-0.4, -0.2) is 35.7 Å². The second-order valence-electron chi connectivity index (χ2n) is 9.42. The number of carbonyl (C=O) groups is 2. The molecule has 3 fully saturated rings. The highest BCUT2D eigenvalue weighted by Gasteiger charge is 2.70. The van der Waals surface area contributed by atoms with Gasteiger partial charge in [-0.25, -0.2) is 4.39 Å². The third-order valence-corrected chi connectivity index (χ3v) is 8.48. The van der Waals surface area contributed by atoms with Crippen molar-refractivity contribution < 1.29 is 23.8 Å². The number of hydrogen-bond donors (Lipinski definition) is 1. The molecule has 0 aromatic heterocycles. The summed E-state index contributed by atoms with van der Waals surface area (Å²) in [4.78, 5) is 24.2. The Morgan fingerprint density at radius 1 is 1.31 bits per heavy atom. The van der Waals surface area contributed by atoms with Crippen molar-refractivity contribution in [2.24, 2.45) is 34.0 Å². The van der Waals surface area contributed by atoms with Gasteiger partial charge >= 0.3 is 0 Å². The lowest BCUT2D eigenvalue weighted by molar-refractivity contribution is -0.198. The van der Waals surface area contributed by atoms with Gasteiger partial charge in [0.15, 0.2) is 12.0 Å². The van der Waals surface area contributed by atoms with E-state index in [1.54, 1.807) is 6.08 Å². The molecular formula is C21H31FO4. The standard InChI is InChI=1S/C21H31FO4/c1-6-19(4)10-15(24)20(5)12(2)7-8-21(13(3)18(19)26-11-23)9-14(22)16(25)17(20)21/h6,11-15,17-18,24H,1,7-10H2,2-5H3/t12-,13+,14+,15+,17+,18+,19-,20+,21+/m1/s1. The van der Waals surface area contributed by atoms with Crippen LogP contribution in [0.15, 0.2) is 12.7 Å². The number of ketones is 1. The molecule has 26 heavy (non-hydrogen) atoms. The zero-order valence-corrected chi connectivity index (χ0v) is 16.2. The van der Waals surface area contributed by atoms with E-state index in [4.69, 9.17) is 4.74 Å². The van der Waals surface area contributed by atoms with Gasteiger partial charge in [0.05, 0.1) is 6.10 Å². The van der Waals surface area contributed by atoms with Crippen molar-refractivity contribution in [3.05, 3.63) is 12.7 Å². The molecule has 3 saturated carbocycles. The highest BCUT2D eigenvalue weighted by Crippen LogP contribution is 2.68. The van der Waals surface area contributed by atoms with Crippen LogP contribution in [0.3, 0.4) is 0 Å². The van der Waals surface area contributed by atoms with Gasteiger partial charge in [-0.05, 0) is 37.0 Å². The molecule has 0 spiro atoms. The third kappa shape index (κ3) is 2.28. The van der Waals surface area contributed by atoms with E-state index < -0.39 is 40.5 Å². The van der Waals surface area contributed by atoms with Crippen LogP contribution in [0.4, 0.5) is 4.39 Å². The molecule has 3 rings (SSSR count). The van der Waals surface area contributed by atoms with Gasteiger partial charge in [0.1, 0.15) is 6.10 Å². The minimum atomic E-state index is -1.51. The Hall–Kier alpha value is -1.23. The van der Waals surface area contributed by atoms with Crippen molar-refractivity contribution in [1.82, 2.24) is 0 Å². The van der Waals surface area contributed by atoms with Crippen molar-refractivity contribution in [3.8, 4) is 0 Å². The molecule has 146 valence electrons.